The Morgan fingerprint density at radius 2 is 1.96 bits per heavy atom. The molecule has 0 N–H and O–H groups in total. The van der Waals surface area contributed by atoms with E-state index >= 15 is 0 Å². The lowest BCUT2D eigenvalue weighted by molar-refractivity contribution is 0.649. The maximum absolute atomic E-state index is 6.04. The van der Waals surface area contributed by atoms with Crippen LogP contribution in [0.5, 0.6) is 0 Å². The Morgan fingerprint density at radius 3 is 2.71 bits per heavy atom. The summed E-state index contributed by atoms with van der Waals surface area (Å²) in [6.07, 6.45) is 3.49. The lowest BCUT2D eigenvalue weighted by Crippen LogP contribution is -2.25. The predicted molar refractivity (Wildman–Crippen MR) is 105 cm³/mol. The summed E-state index contributed by atoms with van der Waals surface area (Å²) < 4.78 is 1.91. The van der Waals surface area contributed by atoms with Crippen molar-refractivity contribution in [2.75, 3.05) is 11.9 Å². The van der Waals surface area contributed by atoms with Crippen LogP contribution in [0.1, 0.15) is 18.8 Å². The molecule has 1 unspecified atom stereocenters. The highest BCUT2D eigenvalue weighted by molar-refractivity contribution is 6.30. The van der Waals surface area contributed by atoms with Crippen molar-refractivity contribution in [2.45, 2.75) is 13.0 Å². The van der Waals surface area contributed by atoms with E-state index < -0.39 is 0 Å². The zero-order valence-electron chi connectivity index (χ0n) is 15.6. The third kappa shape index (κ3) is 3.31. The van der Waals surface area contributed by atoms with Crippen molar-refractivity contribution < 1.29 is 0 Å². The van der Waals surface area contributed by atoms with E-state index in [-0.39, 0.29) is 6.04 Å². The molecular weight excluding hydrogens is 378 g/mol. The first kappa shape index (κ1) is 18.1. The van der Waals surface area contributed by atoms with Gasteiger partial charge >= 0.3 is 0 Å². The molecule has 0 bridgehead atoms. The van der Waals surface area contributed by atoms with Gasteiger partial charge in [0, 0.05) is 37.1 Å². The van der Waals surface area contributed by atoms with Gasteiger partial charge in [0.05, 0.1) is 11.7 Å². The Hall–Kier alpha value is -3.33. The van der Waals surface area contributed by atoms with Crippen molar-refractivity contribution in [3.8, 4) is 17.1 Å². The monoisotopic (exact) mass is 395 g/mol. The largest absolute Gasteiger partial charge is 0.334 e. The summed E-state index contributed by atoms with van der Waals surface area (Å²) in [5.41, 5.74) is 1.65. The van der Waals surface area contributed by atoms with Crippen molar-refractivity contribution in [3.05, 3.63) is 59.6 Å². The summed E-state index contributed by atoms with van der Waals surface area (Å²) in [5, 5.41) is 22.1. The van der Waals surface area contributed by atoms with Gasteiger partial charge in [0.2, 0.25) is 5.95 Å². The number of rotatable bonds is 5. The fraction of sp³-hybridized carbons (Fsp3) is 0.222. The standard InChI is InChI=1S/C18H18ClN9/c1-12(16-21-25-28(24-16)15-8-4-7-14(19)10-15)26(2)18-23-22-17(27(18)3)13-6-5-9-20-11-13/h4-12H,1-3H3. The van der Waals surface area contributed by atoms with E-state index in [0.717, 1.165) is 17.1 Å². The van der Waals surface area contributed by atoms with Gasteiger partial charge in [-0.1, -0.05) is 17.7 Å². The van der Waals surface area contributed by atoms with Gasteiger partial charge in [0.25, 0.3) is 0 Å². The van der Waals surface area contributed by atoms with Crippen LogP contribution in [-0.4, -0.2) is 47.0 Å². The summed E-state index contributed by atoms with van der Waals surface area (Å²) >= 11 is 6.04. The second kappa shape index (κ2) is 7.35. The molecule has 3 aromatic heterocycles. The Morgan fingerprint density at radius 1 is 1.11 bits per heavy atom. The van der Waals surface area contributed by atoms with Crippen molar-refractivity contribution in [1.29, 1.82) is 0 Å². The molecule has 1 aromatic carbocycles. The van der Waals surface area contributed by atoms with Crippen LogP contribution in [0.3, 0.4) is 0 Å². The lowest BCUT2D eigenvalue weighted by atomic mass is 10.3. The number of nitrogens with zero attached hydrogens (tertiary/aromatic N) is 9. The van der Waals surface area contributed by atoms with E-state index in [0.29, 0.717) is 16.8 Å². The van der Waals surface area contributed by atoms with Crippen LogP contribution in [0, 0.1) is 0 Å². The Bertz CT molecular complexity index is 1090. The Kier molecular flexibility index (Phi) is 4.74. The number of aromatic nitrogens is 8. The van der Waals surface area contributed by atoms with E-state index in [1.807, 2.05) is 54.8 Å². The van der Waals surface area contributed by atoms with Gasteiger partial charge in [-0.05, 0) is 42.5 Å². The average molecular weight is 396 g/mol. The summed E-state index contributed by atoms with van der Waals surface area (Å²) in [4.78, 5) is 7.55. The molecule has 3 heterocycles. The Balaban J connectivity index is 1.59. The molecule has 0 aliphatic rings. The molecule has 1 atom stereocenters. The molecule has 0 spiro atoms. The highest BCUT2D eigenvalue weighted by atomic mass is 35.5. The average Bonchev–Trinajstić information content (AvgIpc) is 3.35. The predicted octanol–water partition coefficient (Wildman–Crippen LogP) is 2.70. The first-order valence-corrected chi connectivity index (χ1v) is 9.01. The molecule has 142 valence electrons. The third-order valence-electron chi connectivity index (χ3n) is 4.51. The molecule has 0 saturated carbocycles. The number of anilines is 1. The molecule has 9 nitrogen and oxygen atoms in total. The molecule has 4 aromatic rings. The second-order valence-electron chi connectivity index (χ2n) is 6.33. The SMILES string of the molecule is CC(c1nnn(-c2cccc(Cl)c2)n1)N(C)c1nnc(-c2cccnc2)n1C. The van der Waals surface area contributed by atoms with Crippen LogP contribution < -0.4 is 4.90 Å². The fourth-order valence-corrected chi connectivity index (χ4v) is 3.01. The molecule has 0 aliphatic heterocycles. The number of benzene rings is 1. The van der Waals surface area contributed by atoms with E-state index in [2.05, 4.69) is 30.6 Å². The van der Waals surface area contributed by atoms with Crippen LogP contribution in [0.2, 0.25) is 5.02 Å². The van der Waals surface area contributed by atoms with Gasteiger partial charge in [-0.2, -0.15) is 0 Å². The van der Waals surface area contributed by atoms with Gasteiger partial charge in [-0.15, -0.1) is 25.2 Å². The molecule has 4 rings (SSSR count). The molecule has 0 amide bonds. The van der Waals surface area contributed by atoms with E-state index in [9.17, 15) is 0 Å². The van der Waals surface area contributed by atoms with Gasteiger partial charge in [0.1, 0.15) is 0 Å². The van der Waals surface area contributed by atoms with Crippen molar-refractivity contribution in [2.24, 2.45) is 7.05 Å². The number of hydrogen-bond acceptors (Lipinski definition) is 7. The summed E-state index contributed by atoms with van der Waals surface area (Å²) in [6.45, 7) is 1.98. The van der Waals surface area contributed by atoms with Crippen LogP contribution in [-0.2, 0) is 7.05 Å². The van der Waals surface area contributed by atoms with E-state index in [1.54, 1.807) is 24.5 Å². The smallest absolute Gasteiger partial charge is 0.227 e. The maximum atomic E-state index is 6.04. The van der Waals surface area contributed by atoms with Crippen molar-refractivity contribution in [1.82, 2.24) is 40.0 Å². The third-order valence-corrected chi connectivity index (χ3v) is 4.75. The first-order chi connectivity index (χ1) is 13.5. The minimum atomic E-state index is -0.169. The minimum absolute atomic E-state index is 0.169. The van der Waals surface area contributed by atoms with E-state index in [1.165, 1.54) is 4.80 Å². The minimum Gasteiger partial charge on any atom is -0.334 e. The van der Waals surface area contributed by atoms with E-state index in [4.69, 9.17) is 11.6 Å². The number of tetrazole rings is 1. The van der Waals surface area contributed by atoms with Gasteiger partial charge in [0.15, 0.2) is 11.6 Å². The molecular formula is C18H18ClN9. The maximum Gasteiger partial charge on any atom is 0.227 e. The molecule has 0 aliphatic carbocycles. The number of pyridine rings is 1. The summed E-state index contributed by atoms with van der Waals surface area (Å²) in [5.74, 6) is 1.98. The van der Waals surface area contributed by atoms with Crippen LogP contribution in [0.25, 0.3) is 17.1 Å². The highest BCUT2D eigenvalue weighted by Gasteiger charge is 2.23. The normalized spacial score (nSPS) is 12.1. The van der Waals surface area contributed by atoms with Crippen molar-refractivity contribution in [3.63, 3.8) is 0 Å². The van der Waals surface area contributed by atoms with Crippen molar-refractivity contribution >= 4 is 17.5 Å². The Labute approximate surface area is 166 Å². The van der Waals surface area contributed by atoms with Crippen LogP contribution in [0.4, 0.5) is 5.95 Å². The fourth-order valence-electron chi connectivity index (χ4n) is 2.82. The summed E-state index contributed by atoms with van der Waals surface area (Å²) in [7, 11) is 3.83. The van der Waals surface area contributed by atoms with Gasteiger partial charge < -0.3 is 4.90 Å². The molecule has 0 saturated heterocycles. The molecule has 10 heteroatoms. The van der Waals surface area contributed by atoms with Crippen LogP contribution in [0.15, 0.2) is 48.8 Å². The zero-order valence-corrected chi connectivity index (χ0v) is 16.4. The quantitative estimate of drug-likeness (QED) is 0.513. The zero-order chi connectivity index (χ0) is 19.7. The van der Waals surface area contributed by atoms with Crippen LogP contribution >= 0.6 is 11.6 Å². The second-order valence-corrected chi connectivity index (χ2v) is 6.76. The lowest BCUT2D eigenvalue weighted by Gasteiger charge is -2.22. The summed E-state index contributed by atoms with van der Waals surface area (Å²) in [6, 6.07) is 10.9. The number of hydrogen-bond donors (Lipinski definition) is 0. The van der Waals surface area contributed by atoms with Gasteiger partial charge in [-0.25, -0.2) is 0 Å². The molecule has 0 radical (unpaired) electrons. The molecule has 0 fully saturated rings. The first-order valence-electron chi connectivity index (χ1n) is 8.63. The topological polar surface area (TPSA) is 90.4 Å². The van der Waals surface area contributed by atoms with Gasteiger partial charge in [-0.3, -0.25) is 9.55 Å². The highest BCUT2D eigenvalue weighted by Crippen LogP contribution is 2.25. The molecule has 28 heavy (non-hydrogen) atoms. The number of halogens is 1.